The van der Waals surface area contributed by atoms with Crippen LogP contribution in [0.5, 0.6) is 0 Å². The molecule has 12 heteroatoms. The van der Waals surface area contributed by atoms with Gasteiger partial charge in [-0.05, 0) is 0 Å². The van der Waals surface area contributed by atoms with Crippen LogP contribution < -0.4 is 0 Å². The van der Waals surface area contributed by atoms with Crippen molar-refractivity contribution < 1.29 is 9.05 Å². The number of thiazole rings is 2. The summed E-state index contributed by atoms with van der Waals surface area (Å²) in [4.78, 5) is 16.0. The van der Waals surface area contributed by atoms with Crippen LogP contribution in [0.1, 0.15) is 11.6 Å². The molecule has 4 rings (SSSR count). The highest BCUT2D eigenvalue weighted by molar-refractivity contribution is 7.08. The van der Waals surface area contributed by atoms with Gasteiger partial charge in [0, 0.05) is 10.8 Å². The van der Waals surface area contributed by atoms with Crippen LogP contribution in [-0.2, 0) is 11.8 Å². The van der Waals surface area contributed by atoms with Crippen molar-refractivity contribution in [1.82, 2.24) is 30.2 Å². The fourth-order valence-electron chi connectivity index (χ4n) is 1.46. The van der Waals surface area contributed by atoms with Crippen molar-refractivity contribution in [3.05, 3.63) is 33.4 Å². The van der Waals surface area contributed by atoms with E-state index in [2.05, 4.69) is 30.2 Å². The van der Waals surface area contributed by atoms with Crippen LogP contribution in [0, 0.1) is 0 Å². The summed E-state index contributed by atoms with van der Waals surface area (Å²) in [5.74, 6) is 2.33. The van der Waals surface area contributed by atoms with Crippen molar-refractivity contribution in [3.8, 4) is 23.2 Å². The minimum Gasteiger partial charge on any atom is -0.332 e. The van der Waals surface area contributed by atoms with Crippen LogP contribution in [0.25, 0.3) is 23.2 Å². The predicted octanol–water partition coefficient (Wildman–Crippen LogP) is 3.86. The van der Waals surface area contributed by atoms with Gasteiger partial charge in [0.2, 0.25) is 0 Å². The summed E-state index contributed by atoms with van der Waals surface area (Å²) in [5, 5.41) is 11.0. The van der Waals surface area contributed by atoms with E-state index < -0.39 is 0 Å². The summed E-state index contributed by atoms with van der Waals surface area (Å²) in [6.07, 6.45) is 0. The Balaban J connectivity index is 0.000000141. The standard InChI is InChI=1S/2C6H4ClN3OS/c2*7-1-5-9-6(11-10-5)4-2-12-3-8-4/h2*2-3H,1H2. The van der Waals surface area contributed by atoms with Gasteiger partial charge >= 0.3 is 0 Å². The molecule has 0 aromatic carbocycles. The van der Waals surface area contributed by atoms with E-state index >= 15 is 0 Å². The SMILES string of the molecule is ClCc1noc(-c2cscn2)n1.ClCc1noc(-c2cscn2)n1. The molecule has 0 bridgehead atoms. The van der Waals surface area contributed by atoms with Crippen LogP contribution in [0.15, 0.2) is 30.8 Å². The van der Waals surface area contributed by atoms with Crippen molar-refractivity contribution >= 4 is 45.9 Å². The van der Waals surface area contributed by atoms with E-state index in [9.17, 15) is 0 Å². The first-order valence-corrected chi connectivity index (χ1v) is 9.30. The van der Waals surface area contributed by atoms with Crippen molar-refractivity contribution in [2.45, 2.75) is 11.8 Å². The highest BCUT2D eigenvalue weighted by Gasteiger charge is 2.09. The third-order valence-electron chi connectivity index (χ3n) is 2.48. The first-order valence-electron chi connectivity index (χ1n) is 6.34. The molecule has 0 saturated heterocycles. The van der Waals surface area contributed by atoms with Crippen molar-refractivity contribution in [1.29, 1.82) is 0 Å². The molecular formula is C12H8Cl2N6O2S2. The van der Waals surface area contributed by atoms with Crippen LogP contribution in [0.2, 0.25) is 0 Å². The summed E-state index contributed by atoms with van der Waals surface area (Å²) >= 11 is 14.0. The lowest BCUT2D eigenvalue weighted by molar-refractivity contribution is 0.424. The van der Waals surface area contributed by atoms with E-state index in [-0.39, 0.29) is 11.8 Å². The van der Waals surface area contributed by atoms with Crippen LogP contribution >= 0.6 is 45.9 Å². The number of hydrogen-bond acceptors (Lipinski definition) is 10. The number of rotatable bonds is 4. The highest BCUT2D eigenvalue weighted by Crippen LogP contribution is 2.17. The van der Waals surface area contributed by atoms with E-state index in [1.165, 1.54) is 22.7 Å². The van der Waals surface area contributed by atoms with Crippen molar-refractivity contribution in [2.24, 2.45) is 0 Å². The van der Waals surface area contributed by atoms with E-state index in [0.29, 0.717) is 34.8 Å². The van der Waals surface area contributed by atoms with Gasteiger partial charge in [-0.3, -0.25) is 0 Å². The third-order valence-corrected chi connectivity index (χ3v) is 4.13. The molecule has 4 heterocycles. The lowest BCUT2D eigenvalue weighted by Gasteiger charge is -1.80. The molecule has 4 aromatic heterocycles. The molecule has 0 fully saturated rings. The van der Waals surface area contributed by atoms with Gasteiger partial charge < -0.3 is 9.05 Å². The number of aromatic nitrogens is 6. The lowest BCUT2D eigenvalue weighted by atomic mass is 10.5. The third kappa shape index (κ3) is 4.15. The second kappa shape index (κ2) is 8.29. The van der Waals surface area contributed by atoms with Gasteiger partial charge in [0.1, 0.15) is 11.4 Å². The van der Waals surface area contributed by atoms with Gasteiger partial charge in [-0.15, -0.1) is 45.9 Å². The van der Waals surface area contributed by atoms with E-state index in [1.54, 1.807) is 11.0 Å². The maximum Gasteiger partial charge on any atom is 0.277 e. The largest absolute Gasteiger partial charge is 0.332 e. The van der Waals surface area contributed by atoms with E-state index in [1.807, 2.05) is 10.8 Å². The molecule has 124 valence electrons. The average molecular weight is 403 g/mol. The first-order chi connectivity index (χ1) is 11.8. The Kier molecular flexibility index (Phi) is 5.86. The molecule has 0 N–H and O–H groups in total. The first kappa shape index (κ1) is 17.0. The average Bonchev–Trinajstić information content (AvgIpc) is 3.43. The Bertz CT molecular complexity index is 790. The zero-order valence-electron chi connectivity index (χ0n) is 11.8. The van der Waals surface area contributed by atoms with Gasteiger partial charge in [0.25, 0.3) is 11.8 Å². The number of halogens is 2. The minimum absolute atomic E-state index is 0.258. The normalized spacial score (nSPS) is 10.4. The van der Waals surface area contributed by atoms with Crippen molar-refractivity contribution in [3.63, 3.8) is 0 Å². The molecule has 0 aliphatic carbocycles. The molecule has 0 saturated carbocycles. The van der Waals surface area contributed by atoms with Gasteiger partial charge in [-0.1, -0.05) is 10.3 Å². The summed E-state index contributed by atoms with van der Waals surface area (Å²) in [7, 11) is 0. The van der Waals surface area contributed by atoms with Gasteiger partial charge in [0.15, 0.2) is 11.6 Å². The fraction of sp³-hybridized carbons (Fsp3) is 0.167. The summed E-state index contributed by atoms with van der Waals surface area (Å²) in [6, 6.07) is 0. The predicted molar refractivity (Wildman–Crippen MR) is 89.9 cm³/mol. The zero-order chi connectivity index (χ0) is 16.8. The number of nitrogens with zero attached hydrogens (tertiary/aromatic N) is 6. The smallest absolute Gasteiger partial charge is 0.277 e. The van der Waals surface area contributed by atoms with Crippen LogP contribution in [-0.4, -0.2) is 30.2 Å². The Hall–Kier alpha value is -1.88. The molecule has 0 spiro atoms. The highest BCUT2D eigenvalue weighted by atomic mass is 35.5. The van der Waals surface area contributed by atoms with Gasteiger partial charge in [0.05, 0.1) is 22.8 Å². The molecule has 0 atom stereocenters. The molecule has 0 aliphatic heterocycles. The summed E-state index contributed by atoms with van der Waals surface area (Å²) < 4.78 is 9.80. The number of hydrogen-bond donors (Lipinski definition) is 0. The monoisotopic (exact) mass is 402 g/mol. The quantitative estimate of drug-likeness (QED) is 0.473. The van der Waals surface area contributed by atoms with Crippen LogP contribution in [0.4, 0.5) is 0 Å². The minimum atomic E-state index is 0.258. The Labute approximate surface area is 153 Å². The zero-order valence-corrected chi connectivity index (χ0v) is 14.9. The Morgan fingerprint density at radius 2 is 1.25 bits per heavy atom. The summed E-state index contributed by atoms with van der Waals surface area (Å²) in [5.41, 5.74) is 4.81. The molecule has 0 radical (unpaired) electrons. The van der Waals surface area contributed by atoms with Gasteiger partial charge in [-0.2, -0.15) is 9.97 Å². The molecule has 8 nitrogen and oxygen atoms in total. The van der Waals surface area contributed by atoms with E-state index in [0.717, 1.165) is 0 Å². The molecule has 4 aromatic rings. The molecule has 0 aliphatic rings. The molecule has 24 heavy (non-hydrogen) atoms. The topological polar surface area (TPSA) is 104 Å². The van der Waals surface area contributed by atoms with Crippen molar-refractivity contribution in [2.75, 3.05) is 0 Å². The summed E-state index contributed by atoms with van der Waals surface area (Å²) in [6.45, 7) is 0. The Morgan fingerprint density at radius 1 is 0.792 bits per heavy atom. The second-order valence-electron chi connectivity index (χ2n) is 4.05. The molecule has 0 unspecified atom stereocenters. The lowest BCUT2D eigenvalue weighted by Crippen LogP contribution is -1.80. The molecular weight excluding hydrogens is 395 g/mol. The van der Waals surface area contributed by atoms with E-state index in [4.69, 9.17) is 32.2 Å². The number of alkyl halides is 2. The second-order valence-corrected chi connectivity index (χ2v) is 6.02. The maximum atomic E-state index is 5.50. The van der Waals surface area contributed by atoms with Gasteiger partial charge in [-0.25, -0.2) is 9.97 Å². The van der Waals surface area contributed by atoms with Crippen LogP contribution in [0.3, 0.4) is 0 Å². The maximum absolute atomic E-state index is 5.50. The molecule has 0 amide bonds. The fourth-order valence-corrected chi connectivity index (χ4v) is 2.73. The Morgan fingerprint density at radius 3 is 1.54 bits per heavy atom.